The van der Waals surface area contributed by atoms with Crippen molar-refractivity contribution in [2.24, 2.45) is 7.05 Å². The summed E-state index contributed by atoms with van der Waals surface area (Å²) < 4.78 is 26.5. The minimum atomic E-state index is -3.41. The smallest absolute Gasteiger partial charge is 0.229 e. The first-order chi connectivity index (χ1) is 16.8. The molecule has 1 aliphatic rings. The van der Waals surface area contributed by atoms with Crippen LogP contribution in [0.15, 0.2) is 65.7 Å². The lowest BCUT2D eigenvalue weighted by Gasteiger charge is -2.34. The van der Waals surface area contributed by atoms with Crippen LogP contribution in [0.5, 0.6) is 0 Å². The predicted molar refractivity (Wildman–Crippen MR) is 141 cm³/mol. The summed E-state index contributed by atoms with van der Waals surface area (Å²) in [6.45, 7) is 4.15. The van der Waals surface area contributed by atoms with Crippen LogP contribution in [0, 0.1) is 0 Å². The zero-order valence-corrected chi connectivity index (χ0v) is 20.9. The predicted octanol–water partition coefficient (Wildman–Crippen LogP) is 3.61. The molecule has 0 radical (unpaired) electrons. The van der Waals surface area contributed by atoms with Gasteiger partial charge in [0.25, 0.3) is 0 Å². The number of rotatable bonds is 6. The minimum Gasteiger partial charge on any atom is -0.369 e. The molecular formula is C25H29N7O2S. The SMILES string of the molecule is CN1CCN(c2ccc(Nc3nc(Nc4ccccc4S(C)(=O)=O)c4c(ccn4C)n3)cc2)CC1. The number of likely N-dealkylation sites (N-methyl/N-ethyl adjacent to an activating group) is 1. The van der Waals surface area contributed by atoms with Crippen molar-refractivity contribution < 1.29 is 8.42 Å². The molecule has 182 valence electrons. The molecule has 0 saturated carbocycles. The molecule has 2 aromatic carbocycles. The first-order valence-electron chi connectivity index (χ1n) is 11.5. The van der Waals surface area contributed by atoms with Gasteiger partial charge < -0.3 is 25.0 Å². The van der Waals surface area contributed by atoms with Crippen molar-refractivity contribution in [3.63, 3.8) is 0 Å². The van der Waals surface area contributed by atoms with Crippen molar-refractivity contribution in [2.75, 3.05) is 55.0 Å². The van der Waals surface area contributed by atoms with Gasteiger partial charge in [-0.05, 0) is 49.5 Å². The van der Waals surface area contributed by atoms with E-state index in [4.69, 9.17) is 4.98 Å². The van der Waals surface area contributed by atoms with E-state index in [1.54, 1.807) is 24.3 Å². The van der Waals surface area contributed by atoms with Crippen molar-refractivity contribution in [2.45, 2.75) is 4.90 Å². The van der Waals surface area contributed by atoms with Crippen molar-refractivity contribution >= 4 is 49.7 Å². The van der Waals surface area contributed by atoms with Crippen LogP contribution >= 0.6 is 0 Å². The van der Waals surface area contributed by atoms with Crippen LogP contribution in [0.4, 0.5) is 28.8 Å². The highest BCUT2D eigenvalue weighted by atomic mass is 32.2. The summed E-state index contributed by atoms with van der Waals surface area (Å²) in [7, 11) is 0.642. The maximum absolute atomic E-state index is 12.3. The first-order valence-corrected chi connectivity index (χ1v) is 13.4. The molecular weight excluding hydrogens is 462 g/mol. The van der Waals surface area contributed by atoms with Gasteiger partial charge in [-0.2, -0.15) is 4.98 Å². The van der Waals surface area contributed by atoms with E-state index in [1.165, 1.54) is 11.9 Å². The normalized spacial score (nSPS) is 14.9. The average molecular weight is 492 g/mol. The van der Waals surface area contributed by atoms with Crippen LogP contribution in [-0.2, 0) is 16.9 Å². The maximum atomic E-state index is 12.3. The molecule has 0 unspecified atom stereocenters. The Labute approximate surface area is 205 Å². The number of sulfone groups is 1. The molecule has 1 saturated heterocycles. The lowest BCUT2D eigenvalue weighted by atomic mass is 10.2. The molecule has 4 aromatic rings. The molecule has 10 heteroatoms. The van der Waals surface area contributed by atoms with Gasteiger partial charge in [0.2, 0.25) is 5.95 Å². The monoisotopic (exact) mass is 491 g/mol. The zero-order valence-electron chi connectivity index (χ0n) is 20.1. The summed E-state index contributed by atoms with van der Waals surface area (Å²) in [5.74, 6) is 0.950. The molecule has 1 aliphatic heterocycles. The fourth-order valence-electron chi connectivity index (χ4n) is 4.31. The van der Waals surface area contributed by atoms with E-state index in [9.17, 15) is 8.42 Å². The number of hydrogen-bond donors (Lipinski definition) is 2. The molecule has 0 aliphatic carbocycles. The molecule has 9 nitrogen and oxygen atoms in total. The van der Waals surface area contributed by atoms with Crippen LogP contribution in [0.1, 0.15) is 0 Å². The minimum absolute atomic E-state index is 0.218. The number of para-hydroxylation sites is 1. The first kappa shape index (κ1) is 23.1. The van der Waals surface area contributed by atoms with E-state index in [0.717, 1.165) is 42.9 Å². The van der Waals surface area contributed by atoms with E-state index in [-0.39, 0.29) is 4.90 Å². The molecule has 1 fully saturated rings. The van der Waals surface area contributed by atoms with Crippen LogP contribution < -0.4 is 15.5 Å². The maximum Gasteiger partial charge on any atom is 0.229 e. The second-order valence-corrected chi connectivity index (χ2v) is 10.9. The standard InChI is InChI=1S/C25H29N7O2S/c1-30-14-16-32(17-15-30)19-10-8-18(9-11-19)26-25-28-21-12-13-31(2)23(21)24(29-25)27-20-6-4-5-7-22(20)35(3,33)34/h4-13H,14-17H2,1-3H3,(H2,26,27,28,29). The second kappa shape index (κ2) is 9.20. The third-order valence-corrected chi connectivity index (χ3v) is 7.41. The Morgan fingerprint density at radius 1 is 0.857 bits per heavy atom. The number of aromatic nitrogens is 3. The molecule has 0 amide bonds. The molecule has 3 heterocycles. The molecule has 0 bridgehead atoms. The second-order valence-electron chi connectivity index (χ2n) is 8.91. The number of fused-ring (bicyclic) bond motifs is 1. The van der Waals surface area contributed by atoms with Gasteiger partial charge in [0.05, 0.1) is 16.1 Å². The summed E-state index contributed by atoms with van der Waals surface area (Å²) in [5.41, 5.74) is 4.07. The highest BCUT2D eigenvalue weighted by Gasteiger charge is 2.17. The number of piperazine rings is 1. The highest BCUT2D eigenvalue weighted by molar-refractivity contribution is 7.90. The van der Waals surface area contributed by atoms with Gasteiger partial charge in [0.15, 0.2) is 15.7 Å². The topological polar surface area (TPSA) is 95.4 Å². The zero-order chi connectivity index (χ0) is 24.6. The van der Waals surface area contributed by atoms with Gasteiger partial charge in [-0.15, -0.1) is 0 Å². The number of aryl methyl sites for hydroxylation is 1. The fraction of sp³-hybridized carbons (Fsp3) is 0.280. The Balaban J connectivity index is 1.44. The third kappa shape index (κ3) is 4.94. The Morgan fingerprint density at radius 3 is 2.29 bits per heavy atom. The van der Waals surface area contributed by atoms with E-state index in [1.807, 2.05) is 36.0 Å². The molecule has 2 aromatic heterocycles. The van der Waals surface area contributed by atoms with Gasteiger partial charge >= 0.3 is 0 Å². The summed E-state index contributed by atoms with van der Waals surface area (Å²) in [4.78, 5) is 14.3. The van der Waals surface area contributed by atoms with Gasteiger partial charge in [0.1, 0.15) is 5.52 Å². The van der Waals surface area contributed by atoms with E-state index >= 15 is 0 Å². The average Bonchev–Trinajstić information content (AvgIpc) is 3.20. The van der Waals surface area contributed by atoms with Crippen LogP contribution in [0.25, 0.3) is 11.0 Å². The Hall–Kier alpha value is -3.63. The van der Waals surface area contributed by atoms with E-state index in [2.05, 4.69) is 44.6 Å². The summed E-state index contributed by atoms with van der Waals surface area (Å²) in [6.07, 6.45) is 3.10. The Morgan fingerprint density at radius 2 is 1.57 bits per heavy atom. The van der Waals surface area contributed by atoms with E-state index in [0.29, 0.717) is 17.5 Å². The lowest BCUT2D eigenvalue weighted by Crippen LogP contribution is -2.44. The largest absolute Gasteiger partial charge is 0.369 e. The number of anilines is 5. The van der Waals surface area contributed by atoms with Crippen LogP contribution in [-0.4, -0.2) is 67.3 Å². The third-order valence-electron chi connectivity index (χ3n) is 6.25. The molecule has 0 atom stereocenters. The summed E-state index contributed by atoms with van der Waals surface area (Å²) in [6, 6.07) is 17.0. The van der Waals surface area contributed by atoms with Crippen LogP contribution in [0.3, 0.4) is 0 Å². The lowest BCUT2D eigenvalue weighted by molar-refractivity contribution is 0.313. The molecule has 35 heavy (non-hydrogen) atoms. The molecule has 2 N–H and O–H groups in total. The van der Waals surface area contributed by atoms with Gasteiger partial charge in [0, 0.05) is 57.1 Å². The van der Waals surface area contributed by atoms with Crippen LogP contribution in [0.2, 0.25) is 0 Å². The van der Waals surface area contributed by atoms with Gasteiger partial charge in [-0.1, -0.05) is 12.1 Å². The summed E-state index contributed by atoms with van der Waals surface area (Å²) in [5, 5.41) is 6.53. The van der Waals surface area contributed by atoms with Crippen molar-refractivity contribution in [1.82, 2.24) is 19.4 Å². The van der Waals surface area contributed by atoms with Crippen molar-refractivity contribution in [3.8, 4) is 0 Å². The Bertz CT molecular complexity index is 1460. The number of hydrogen-bond acceptors (Lipinski definition) is 8. The highest BCUT2D eigenvalue weighted by Crippen LogP contribution is 2.30. The molecule has 0 spiro atoms. The number of nitrogens with one attached hydrogen (secondary N) is 2. The van der Waals surface area contributed by atoms with Gasteiger partial charge in [-0.3, -0.25) is 0 Å². The van der Waals surface area contributed by atoms with Crippen molar-refractivity contribution in [1.29, 1.82) is 0 Å². The Kier molecular flexibility index (Phi) is 6.08. The number of nitrogens with zero attached hydrogens (tertiary/aromatic N) is 5. The van der Waals surface area contributed by atoms with E-state index < -0.39 is 9.84 Å². The molecule has 5 rings (SSSR count). The van der Waals surface area contributed by atoms with Crippen molar-refractivity contribution in [3.05, 3.63) is 60.8 Å². The fourth-order valence-corrected chi connectivity index (χ4v) is 5.15. The van der Waals surface area contributed by atoms with Gasteiger partial charge in [-0.25, -0.2) is 13.4 Å². The summed E-state index contributed by atoms with van der Waals surface area (Å²) >= 11 is 0. The quantitative estimate of drug-likeness (QED) is 0.422. The number of benzene rings is 2.